The molecular formula is C37H49N3O4S4. The number of thiazole rings is 2. The number of benzene rings is 2. The molecule has 1 fully saturated rings. The van der Waals surface area contributed by atoms with Crippen molar-refractivity contribution in [3.63, 3.8) is 0 Å². The third-order valence-corrected chi connectivity index (χ3v) is 9.86. The van der Waals surface area contributed by atoms with E-state index in [1.54, 1.807) is 43.4 Å². The van der Waals surface area contributed by atoms with Crippen LogP contribution in [-0.2, 0) is 51.5 Å². The number of thioether (sulfide) groups is 1. The van der Waals surface area contributed by atoms with Crippen LogP contribution in [0.4, 0.5) is 4.79 Å². The first-order chi connectivity index (χ1) is 23.0. The molecule has 7 nitrogen and oxygen atoms in total. The molecule has 0 bridgehead atoms. The van der Waals surface area contributed by atoms with Crippen molar-refractivity contribution in [1.82, 2.24) is 15.3 Å². The average Bonchev–Trinajstić information content (AvgIpc) is 3.86. The van der Waals surface area contributed by atoms with Gasteiger partial charge in [0.05, 0.1) is 27.9 Å². The van der Waals surface area contributed by atoms with E-state index in [2.05, 4.69) is 82.0 Å². The summed E-state index contributed by atoms with van der Waals surface area (Å²) in [5, 5.41) is 8.90. The second-order valence-electron chi connectivity index (χ2n) is 12.3. The molecule has 0 aliphatic carbocycles. The summed E-state index contributed by atoms with van der Waals surface area (Å²) >= 11 is 8.84. The molecule has 11 heteroatoms. The van der Waals surface area contributed by atoms with E-state index in [1.165, 1.54) is 47.0 Å². The summed E-state index contributed by atoms with van der Waals surface area (Å²) in [7, 11) is 0. The first kappa shape index (κ1) is 39.7. The van der Waals surface area contributed by atoms with E-state index in [1.807, 2.05) is 19.1 Å². The number of aromatic nitrogens is 2. The monoisotopic (exact) mass is 727 g/mol. The van der Waals surface area contributed by atoms with Gasteiger partial charge >= 0.3 is 6.09 Å². The average molecular weight is 728 g/mol. The lowest BCUT2D eigenvalue weighted by Crippen LogP contribution is -2.34. The van der Waals surface area contributed by atoms with Crippen molar-refractivity contribution in [2.24, 2.45) is 0 Å². The molecule has 3 heterocycles. The molecule has 0 spiro atoms. The number of ether oxygens (including phenoxy) is 2. The zero-order valence-electron chi connectivity index (χ0n) is 28.8. The molecule has 0 radical (unpaired) electrons. The second kappa shape index (κ2) is 21.4. The first-order valence-corrected chi connectivity index (χ1v) is 19.7. The van der Waals surface area contributed by atoms with E-state index in [0.717, 1.165) is 65.9 Å². The zero-order valence-corrected chi connectivity index (χ0v) is 32.1. The Hall–Kier alpha value is -2.70. The van der Waals surface area contributed by atoms with Gasteiger partial charge in [0.1, 0.15) is 5.60 Å². The van der Waals surface area contributed by atoms with Gasteiger partial charge in [-0.3, -0.25) is 4.79 Å². The molecule has 2 aromatic carbocycles. The number of hydrogen-bond donors (Lipinski definition) is 2. The minimum atomic E-state index is -0.573. The van der Waals surface area contributed by atoms with E-state index in [4.69, 9.17) is 9.47 Å². The van der Waals surface area contributed by atoms with Crippen LogP contribution in [0.2, 0.25) is 0 Å². The van der Waals surface area contributed by atoms with Crippen LogP contribution in [0, 0.1) is 13.8 Å². The number of carbonyl (C=O) groups excluding carboxylic acids is 2. The third kappa shape index (κ3) is 17.1. The molecule has 260 valence electrons. The predicted octanol–water partition coefficient (Wildman–Crippen LogP) is 8.98. The highest BCUT2D eigenvalue weighted by molar-refractivity contribution is 8.13. The van der Waals surface area contributed by atoms with Crippen LogP contribution in [0.5, 0.6) is 0 Å². The van der Waals surface area contributed by atoms with E-state index in [0.29, 0.717) is 5.75 Å². The van der Waals surface area contributed by atoms with Gasteiger partial charge in [0, 0.05) is 35.5 Å². The lowest BCUT2D eigenvalue weighted by Gasteiger charge is -2.19. The summed E-state index contributed by atoms with van der Waals surface area (Å²) < 4.78 is 10.0. The SMILES string of the molecule is C1CCOC1.Cc1nc(CCc2ccc(CS)cc2)cs1.Cc1nc(CCc2ccc(CSC(=O)CNC(=O)OC(C)(C)C)cc2)cs1. The second-order valence-corrected chi connectivity index (χ2v) is 15.8. The topological polar surface area (TPSA) is 90.4 Å². The van der Waals surface area contributed by atoms with Crippen molar-refractivity contribution >= 4 is 58.3 Å². The highest BCUT2D eigenvalue weighted by Gasteiger charge is 2.16. The van der Waals surface area contributed by atoms with Gasteiger partial charge in [-0.2, -0.15) is 12.6 Å². The lowest BCUT2D eigenvalue weighted by molar-refractivity contribution is -0.110. The Morgan fingerprint density at radius 3 is 1.69 bits per heavy atom. The van der Waals surface area contributed by atoms with Gasteiger partial charge in [0.2, 0.25) is 5.12 Å². The van der Waals surface area contributed by atoms with E-state index in [-0.39, 0.29) is 11.7 Å². The summed E-state index contributed by atoms with van der Waals surface area (Å²) in [6.45, 7) is 11.4. The number of nitrogens with one attached hydrogen (secondary N) is 1. The third-order valence-electron chi connectivity index (χ3n) is 6.90. The molecule has 1 saturated heterocycles. The Morgan fingerprint density at radius 1 is 0.812 bits per heavy atom. The van der Waals surface area contributed by atoms with Gasteiger partial charge in [-0.1, -0.05) is 60.3 Å². The van der Waals surface area contributed by atoms with Crippen molar-refractivity contribution < 1.29 is 19.1 Å². The summed E-state index contributed by atoms with van der Waals surface area (Å²) in [6, 6.07) is 16.9. The van der Waals surface area contributed by atoms with Crippen molar-refractivity contribution in [2.45, 2.75) is 90.3 Å². The van der Waals surface area contributed by atoms with E-state index >= 15 is 0 Å². The molecule has 5 rings (SSSR count). The van der Waals surface area contributed by atoms with Gasteiger partial charge < -0.3 is 14.8 Å². The van der Waals surface area contributed by atoms with Crippen LogP contribution in [0.1, 0.15) is 77.3 Å². The number of thiol groups is 1. The minimum Gasteiger partial charge on any atom is -0.444 e. The molecule has 4 aromatic rings. The number of amides is 1. The minimum absolute atomic E-state index is 0.0370. The molecule has 0 unspecified atom stereocenters. The summed E-state index contributed by atoms with van der Waals surface area (Å²) in [4.78, 5) is 32.4. The smallest absolute Gasteiger partial charge is 0.408 e. The molecule has 1 aliphatic rings. The fraction of sp³-hybridized carbons (Fsp3) is 0.459. The standard InChI is InChI=1S/C20H26N2O3S2.C13H15NS2.C4H8O/c1-14-22-17(13-26-14)10-9-15-5-7-16(8-6-15)12-27-18(23)11-21-19(24)25-20(2,3)4;1-10-14-13(9-16-10)7-6-11-2-4-12(8-15)5-3-11;1-2-4-5-3-1/h5-8,13H,9-12H2,1-4H3,(H,21,24);2-5,9,15H,6-8H2,1H3;1-4H2. The molecular weight excluding hydrogens is 679 g/mol. The van der Waals surface area contributed by atoms with Crippen molar-refractivity contribution in [3.8, 4) is 0 Å². The maximum atomic E-state index is 11.9. The maximum Gasteiger partial charge on any atom is 0.408 e. The number of alkyl carbamates (subject to hydrolysis) is 1. The van der Waals surface area contributed by atoms with Crippen LogP contribution in [0.15, 0.2) is 59.3 Å². The Bertz CT molecular complexity index is 1500. The zero-order chi connectivity index (χ0) is 34.8. The summed E-state index contributed by atoms with van der Waals surface area (Å²) in [5.74, 6) is 1.39. The van der Waals surface area contributed by atoms with Crippen LogP contribution in [-0.4, -0.2) is 46.5 Å². The van der Waals surface area contributed by atoms with Gasteiger partial charge in [-0.15, -0.1) is 22.7 Å². The Labute approximate surface area is 304 Å². The molecule has 1 amide bonds. The van der Waals surface area contributed by atoms with Crippen molar-refractivity contribution in [3.05, 3.63) is 103 Å². The number of aryl methyl sites for hydroxylation is 6. The van der Waals surface area contributed by atoms with Crippen molar-refractivity contribution in [2.75, 3.05) is 19.8 Å². The first-order valence-electron chi connectivity index (χ1n) is 16.3. The normalized spacial score (nSPS) is 12.4. The van der Waals surface area contributed by atoms with Crippen LogP contribution in [0.25, 0.3) is 0 Å². The summed E-state index contributed by atoms with van der Waals surface area (Å²) in [6.07, 6.45) is 5.97. The fourth-order valence-corrected chi connectivity index (χ4v) is 6.59. The number of rotatable bonds is 11. The quantitative estimate of drug-likeness (QED) is 0.149. The predicted molar refractivity (Wildman–Crippen MR) is 205 cm³/mol. The van der Waals surface area contributed by atoms with Crippen molar-refractivity contribution in [1.29, 1.82) is 0 Å². The van der Waals surface area contributed by atoms with E-state index in [9.17, 15) is 9.59 Å². The molecule has 2 aromatic heterocycles. The molecule has 0 saturated carbocycles. The Kier molecular flexibility index (Phi) is 17.7. The van der Waals surface area contributed by atoms with E-state index < -0.39 is 11.7 Å². The van der Waals surface area contributed by atoms with Crippen LogP contribution < -0.4 is 5.32 Å². The summed E-state index contributed by atoms with van der Waals surface area (Å²) in [5.41, 5.74) is 6.76. The van der Waals surface area contributed by atoms with Gasteiger partial charge in [0.25, 0.3) is 0 Å². The molecule has 0 atom stereocenters. The van der Waals surface area contributed by atoms with Gasteiger partial charge in [-0.25, -0.2) is 14.8 Å². The van der Waals surface area contributed by atoms with Gasteiger partial charge in [-0.05, 0) is 95.4 Å². The Balaban J connectivity index is 0.000000248. The number of hydrogen-bond acceptors (Lipinski definition) is 10. The lowest BCUT2D eigenvalue weighted by atomic mass is 10.1. The highest BCUT2D eigenvalue weighted by atomic mass is 32.2. The largest absolute Gasteiger partial charge is 0.444 e. The van der Waals surface area contributed by atoms with Crippen LogP contribution in [0.3, 0.4) is 0 Å². The highest BCUT2D eigenvalue weighted by Crippen LogP contribution is 2.17. The molecule has 48 heavy (non-hydrogen) atoms. The maximum absolute atomic E-state index is 11.9. The molecule has 1 N–H and O–H groups in total. The fourth-order valence-electron chi connectivity index (χ4n) is 4.39. The Morgan fingerprint density at radius 2 is 1.29 bits per heavy atom. The van der Waals surface area contributed by atoms with Crippen LogP contribution >= 0.6 is 47.1 Å². The molecule has 1 aliphatic heterocycles. The number of nitrogens with zero attached hydrogens (tertiary/aromatic N) is 2. The van der Waals surface area contributed by atoms with Gasteiger partial charge in [0.15, 0.2) is 0 Å². The number of carbonyl (C=O) groups is 2.